The molecule has 1 amide bonds. The number of amidine groups is 1. The van der Waals surface area contributed by atoms with Gasteiger partial charge in [0.15, 0.2) is 0 Å². The van der Waals surface area contributed by atoms with Crippen LogP contribution in [0.1, 0.15) is 45.1 Å². The van der Waals surface area contributed by atoms with E-state index in [1.807, 2.05) is 0 Å². The quantitative estimate of drug-likeness (QED) is 0.643. The maximum absolute atomic E-state index is 12.9. The van der Waals surface area contributed by atoms with Crippen molar-refractivity contribution in [2.24, 2.45) is 10.9 Å². The van der Waals surface area contributed by atoms with Crippen molar-refractivity contribution in [3.63, 3.8) is 0 Å². The lowest BCUT2D eigenvalue weighted by Crippen LogP contribution is -2.52. The van der Waals surface area contributed by atoms with Crippen molar-refractivity contribution in [1.82, 2.24) is 15.4 Å². The molecule has 0 bridgehead atoms. The fourth-order valence-electron chi connectivity index (χ4n) is 3.50. The minimum Gasteiger partial charge on any atom is -0.350 e. The minimum absolute atomic E-state index is 0. The van der Waals surface area contributed by atoms with Gasteiger partial charge >= 0.3 is 0 Å². The van der Waals surface area contributed by atoms with E-state index in [9.17, 15) is 13.2 Å². The third-order valence-electron chi connectivity index (χ3n) is 5.24. The summed E-state index contributed by atoms with van der Waals surface area (Å²) in [5.41, 5.74) is 0.527. The van der Waals surface area contributed by atoms with Gasteiger partial charge in [-0.3, -0.25) is 14.5 Å². The SMILES string of the molecule is CCCCC(N=C1NS(=O)(=O)c2ccccc21)C(=O)NC1CNCCC1C.Cl. The number of rotatable bonds is 6. The Morgan fingerprint density at radius 2 is 2.11 bits per heavy atom. The zero-order valence-electron chi connectivity index (χ0n) is 16.3. The fraction of sp³-hybridized carbons (Fsp3) is 0.579. The second-order valence-electron chi connectivity index (χ2n) is 7.32. The van der Waals surface area contributed by atoms with Gasteiger partial charge in [-0.2, -0.15) is 0 Å². The van der Waals surface area contributed by atoms with Crippen LogP contribution in [0.3, 0.4) is 0 Å². The Bertz CT molecular complexity index is 828. The number of fused-ring (bicyclic) bond motifs is 1. The first-order valence-corrected chi connectivity index (χ1v) is 11.1. The monoisotopic (exact) mass is 428 g/mol. The van der Waals surface area contributed by atoms with Gasteiger partial charge in [0, 0.05) is 18.2 Å². The molecule has 1 fully saturated rings. The van der Waals surface area contributed by atoms with Crippen LogP contribution in [-0.4, -0.2) is 45.3 Å². The largest absolute Gasteiger partial charge is 0.350 e. The lowest BCUT2D eigenvalue weighted by Gasteiger charge is -2.31. The molecule has 0 radical (unpaired) electrons. The number of hydrogen-bond donors (Lipinski definition) is 3. The molecule has 1 aromatic carbocycles. The second-order valence-corrected chi connectivity index (χ2v) is 8.97. The molecular weight excluding hydrogens is 400 g/mol. The number of aliphatic imine (C=N–C) groups is 1. The highest BCUT2D eigenvalue weighted by Crippen LogP contribution is 2.23. The van der Waals surface area contributed by atoms with E-state index >= 15 is 0 Å². The number of halogens is 1. The molecule has 1 aromatic rings. The normalized spacial score (nSPS) is 25.3. The van der Waals surface area contributed by atoms with Gasteiger partial charge in [-0.05, 0) is 37.4 Å². The summed E-state index contributed by atoms with van der Waals surface area (Å²) >= 11 is 0. The molecule has 0 spiro atoms. The molecule has 0 aromatic heterocycles. The lowest BCUT2D eigenvalue weighted by molar-refractivity contribution is -0.123. The standard InChI is InChI=1S/C19H28N4O3S.ClH/c1-3-4-8-15(19(24)22-16-12-20-11-10-13(16)2)21-18-14-7-5-6-9-17(14)27(25,26)23-18;/h5-7,9,13,15-16,20H,3-4,8,10-12H2,1-2H3,(H,21,23)(H,22,24);1H. The van der Waals surface area contributed by atoms with Gasteiger partial charge in [-0.15, -0.1) is 12.4 Å². The zero-order chi connectivity index (χ0) is 19.4. The number of carbonyl (C=O) groups excluding carboxylic acids is 1. The van der Waals surface area contributed by atoms with Crippen LogP contribution >= 0.6 is 12.4 Å². The number of nitrogens with one attached hydrogen (secondary N) is 3. The maximum atomic E-state index is 12.9. The van der Waals surface area contributed by atoms with Crippen LogP contribution in [-0.2, 0) is 14.8 Å². The van der Waals surface area contributed by atoms with Crippen molar-refractivity contribution in [1.29, 1.82) is 0 Å². The van der Waals surface area contributed by atoms with E-state index in [2.05, 4.69) is 34.2 Å². The molecule has 7 nitrogen and oxygen atoms in total. The van der Waals surface area contributed by atoms with Gasteiger partial charge in [0.05, 0.1) is 4.90 Å². The molecule has 0 saturated carbocycles. The highest BCUT2D eigenvalue weighted by Gasteiger charge is 2.32. The summed E-state index contributed by atoms with van der Waals surface area (Å²) in [5, 5.41) is 6.42. The van der Waals surface area contributed by atoms with Crippen molar-refractivity contribution < 1.29 is 13.2 Å². The summed E-state index contributed by atoms with van der Waals surface area (Å²) < 4.78 is 27.1. The summed E-state index contributed by atoms with van der Waals surface area (Å²) in [6.45, 7) is 5.91. The molecule has 3 atom stereocenters. The van der Waals surface area contributed by atoms with E-state index in [0.717, 1.165) is 32.4 Å². The number of carbonyl (C=O) groups is 1. The van der Waals surface area contributed by atoms with E-state index < -0.39 is 16.1 Å². The van der Waals surface area contributed by atoms with Crippen LogP contribution in [0.5, 0.6) is 0 Å². The highest BCUT2D eigenvalue weighted by molar-refractivity contribution is 7.90. The molecule has 2 heterocycles. The Balaban J connectivity index is 0.00000280. The summed E-state index contributed by atoms with van der Waals surface area (Å²) in [7, 11) is -3.61. The molecular formula is C19H29ClN4O3S. The summed E-state index contributed by atoms with van der Waals surface area (Å²) in [5.74, 6) is 0.525. The molecule has 28 heavy (non-hydrogen) atoms. The van der Waals surface area contributed by atoms with E-state index in [1.165, 1.54) is 0 Å². The van der Waals surface area contributed by atoms with E-state index in [4.69, 9.17) is 0 Å². The third kappa shape index (κ3) is 5.04. The van der Waals surface area contributed by atoms with Gasteiger partial charge in [-0.25, -0.2) is 8.42 Å². The first-order valence-electron chi connectivity index (χ1n) is 9.63. The van der Waals surface area contributed by atoms with Crippen molar-refractivity contribution in [2.75, 3.05) is 13.1 Å². The van der Waals surface area contributed by atoms with Crippen molar-refractivity contribution in [3.8, 4) is 0 Å². The summed E-state index contributed by atoms with van der Waals surface area (Å²) in [6, 6.07) is 6.18. The topological polar surface area (TPSA) is 99.7 Å². The predicted octanol–water partition coefficient (Wildman–Crippen LogP) is 1.82. The van der Waals surface area contributed by atoms with Crippen LogP contribution in [0.25, 0.3) is 0 Å². The van der Waals surface area contributed by atoms with Gasteiger partial charge in [0.1, 0.15) is 11.9 Å². The average Bonchev–Trinajstić information content (AvgIpc) is 2.91. The third-order valence-corrected chi connectivity index (χ3v) is 6.63. The van der Waals surface area contributed by atoms with Crippen LogP contribution < -0.4 is 15.4 Å². The average molecular weight is 429 g/mol. The molecule has 1 saturated heterocycles. The maximum Gasteiger partial charge on any atom is 0.263 e. The van der Waals surface area contributed by atoms with Gasteiger partial charge < -0.3 is 10.6 Å². The van der Waals surface area contributed by atoms with Gasteiger partial charge in [-0.1, -0.05) is 38.8 Å². The number of unbranched alkanes of at least 4 members (excludes halogenated alkanes) is 1. The molecule has 9 heteroatoms. The van der Waals surface area contributed by atoms with Gasteiger partial charge in [0.2, 0.25) is 5.91 Å². The smallest absolute Gasteiger partial charge is 0.263 e. The Labute approximate surface area is 173 Å². The van der Waals surface area contributed by atoms with E-state index in [1.54, 1.807) is 24.3 Å². The first-order chi connectivity index (χ1) is 12.9. The number of benzene rings is 1. The number of nitrogens with zero attached hydrogens (tertiary/aromatic N) is 1. The zero-order valence-corrected chi connectivity index (χ0v) is 17.9. The minimum atomic E-state index is -3.61. The molecule has 0 aliphatic carbocycles. The van der Waals surface area contributed by atoms with E-state index in [0.29, 0.717) is 17.9 Å². The van der Waals surface area contributed by atoms with Crippen molar-refractivity contribution in [3.05, 3.63) is 29.8 Å². The second kappa shape index (κ2) is 9.71. The number of sulfonamides is 1. The summed E-state index contributed by atoms with van der Waals surface area (Å²) in [4.78, 5) is 17.6. The fourth-order valence-corrected chi connectivity index (χ4v) is 4.74. The highest BCUT2D eigenvalue weighted by atomic mass is 35.5. The van der Waals surface area contributed by atoms with Gasteiger partial charge in [0.25, 0.3) is 10.0 Å². The van der Waals surface area contributed by atoms with Crippen LogP contribution in [0.15, 0.2) is 34.2 Å². The lowest BCUT2D eigenvalue weighted by atomic mass is 9.94. The molecule has 2 aliphatic rings. The Kier molecular flexibility index (Phi) is 7.86. The van der Waals surface area contributed by atoms with E-state index in [-0.39, 0.29) is 35.1 Å². The number of hydrogen-bond acceptors (Lipinski definition) is 5. The molecule has 3 rings (SSSR count). The van der Waals surface area contributed by atoms with Crippen LogP contribution in [0, 0.1) is 5.92 Å². The molecule has 3 N–H and O–H groups in total. The Hall–Kier alpha value is -1.64. The van der Waals surface area contributed by atoms with Crippen LogP contribution in [0.4, 0.5) is 0 Å². The number of piperidine rings is 1. The van der Waals surface area contributed by atoms with Crippen LogP contribution in [0.2, 0.25) is 0 Å². The van der Waals surface area contributed by atoms with Crippen molar-refractivity contribution in [2.45, 2.75) is 56.5 Å². The molecule has 2 aliphatic heterocycles. The summed E-state index contributed by atoms with van der Waals surface area (Å²) in [6.07, 6.45) is 3.40. The Morgan fingerprint density at radius 1 is 1.36 bits per heavy atom. The predicted molar refractivity (Wildman–Crippen MR) is 112 cm³/mol. The van der Waals surface area contributed by atoms with Crippen molar-refractivity contribution >= 4 is 34.2 Å². The number of amides is 1. The molecule has 3 unspecified atom stereocenters. The Morgan fingerprint density at radius 3 is 2.82 bits per heavy atom. The molecule has 156 valence electrons. The first kappa shape index (κ1) is 22.6.